The summed E-state index contributed by atoms with van der Waals surface area (Å²) in [6.45, 7) is 3.70. The van der Waals surface area contributed by atoms with Crippen LogP contribution in [0.2, 0.25) is 0 Å². The highest BCUT2D eigenvalue weighted by Gasteiger charge is 2.09. The van der Waals surface area contributed by atoms with Crippen LogP contribution in [0.4, 0.5) is 5.69 Å². The lowest BCUT2D eigenvalue weighted by Crippen LogP contribution is -2.14. The predicted molar refractivity (Wildman–Crippen MR) is 66.6 cm³/mol. The molecule has 0 bridgehead atoms. The molecule has 0 aliphatic carbocycles. The summed E-state index contributed by atoms with van der Waals surface area (Å²) in [4.78, 5) is 0. The fourth-order valence-electron chi connectivity index (χ4n) is 1.31. The first-order valence-electron chi connectivity index (χ1n) is 5.39. The molecular weight excluding hydrogens is 242 g/mol. The van der Waals surface area contributed by atoms with Gasteiger partial charge in [0.15, 0.2) is 0 Å². The number of rotatable bonds is 6. The molecule has 0 heterocycles. The van der Waals surface area contributed by atoms with Crippen LogP contribution in [-0.2, 0) is 16.6 Å². The Morgan fingerprint density at radius 3 is 2.59 bits per heavy atom. The van der Waals surface area contributed by atoms with Crippen molar-refractivity contribution in [2.75, 3.05) is 17.1 Å². The monoisotopic (exact) mass is 259 g/mol. The van der Waals surface area contributed by atoms with Gasteiger partial charge in [0.25, 0.3) is 0 Å². The van der Waals surface area contributed by atoms with E-state index in [1.807, 2.05) is 6.92 Å². The molecule has 17 heavy (non-hydrogen) atoms. The van der Waals surface area contributed by atoms with E-state index in [9.17, 15) is 8.42 Å². The number of hydrogen-bond donors (Lipinski definition) is 2. The Kier molecular flexibility index (Phi) is 4.77. The van der Waals surface area contributed by atoms with E-state index in [2.05, 4.69) is 4.72 Å². The standard InChI is InChI=1S/C11H17NO4S/c1-3-16-11-6-5-10(7-9(11)8-13)12-17(14,15)4-2/h5-7,12-13H,3-4,8H2,1-2H3. The summed E-state index contributed by atoms with van der Waals surface area (Å²) in [5, 5.41) is 9.17. The molecule has 96 valence electrons. The lowest BCUT2D eigenvalue weighted by molar-refractivity contribution is 0.267. The second-order valence-corrected chi connectivity index (χ2v) is 5.43. The average Bonchev–Trinajstić information content (AvgIpc) is 2.31. The molecule has 6 heteroatoms. The highest BCUT2D eigenvalue weighted by molar-refractivity contribution is 7.92. The smallest absolute Gasteiger partial charge is 0.232 e. The molecule has 1 rings (SSSR count). The molecule has 0 fully saturated rings. The normalized spacial score (nSPS) is 11.2. The van der Waals surface area contributed by atoms with Gasteiger partial charge in [-0.3, -0.25) is 4.72 Å². The first kappa shape index (κ1) is 13.8. The maximum Gasteiger partial charge on any atom is 0.232 e. The van der Waals surface area contributed by atoms with Crippen molar-refractivity contribution >= 4 is 15.7 Å². The number of nitrogens with one attached hydrogen (secondary N) is 1. The van der Waals surface area contributed by atoms with E-state index < -0.39 is 10.0 Å². The third-order valence-corrected chi connectivity index (χ3v) is 3.49. The fraction of sp³-hybridized carbons (Fsp3) is 0.455. The lowest BCUT2D eigenvalue weighted by atomic mass is 10.2. The van der Waals surface area contributed by atoms with E-state index in [1.165, 1.54) is 0 Å². The minimum atomic E-state index is -3.30. The Morgan fingerprint density at radius 1 is 1.35 bits per heavy atom. The number of ether oxygens (including phenoxy) is 1. The Bertz CT molecular complexity index is 470. The number of benzene rings is 1. The summed E-state index contributed by atoms with van der Waals surface area (Å²) in [5.74, 6) is 0.573. The Morgan fingerprint density at radius 2 is 2.06 bits per heavy atom. The number of anilines is 1. The van der Waals surface area contributed by atoms with Gasteiger partial charge in [-0.15, -0.1) is 0 Å². The quantitative estimate of drug-likeness (QED) is 0.808. The molecule has 0 aromatic heterocycles. The van der Waals surface area contributed by atoms with Crippen LogP contribution in [0.3, 0.4) is 0 Å². The van der Waals surface area contributed by atoms with Crippen molar-refractivity contribution < 1.29 is 18.3 Å². The van der Waals surface area contributed by atoms with Crippen LogP contribution in [0.25, 0.3) is 0 Å². The molecule has 5 nitrogen and oxygen atoms in total. The van der Waals surface area contributed by atoms with Gasteiger partial charge >= 0.3 is 0 Å². The zero-order chi connectivity index (χ0) is 12.9. The first-order valence-corrected chi connectivity index (χ1v) is 7.04. The topological polar surface area (TPSA) is 75.6 Å². The Labute approximate surface area is 101 Å². The molecule has 0 spiro atoms. The van der Waals surface area contributed by atoms with E-state index in [1.54, 1.807) is 25.1 Å². The third kappa shape index (κ3) is 3.90. The summed E-state index contributed by atoms with van der Waals surface area (Å²) in [7, 11) is -3.30. The molecule has 0 unspecified atom stereocenters. The van der Waals surface area contributed by atoms with Crippen LogP contribution in [0.5, 0.6) is 5.75 Å². The molecule has 1 aromatic carbocycles. The van der Waals surface area contributed by atoms with E-state index in [4.69, 9.17) is 9.84 Å². The number of hydrogen-bond acceptors (Lipinski definition) is 4. The summed E-state index contributed by atoms with van der Waals surface area (Å²) in [5.41, 5.74) is 0.988. The third-order valence-electron chi connectivity index (χ3n) is 2.18. The molecule has 0 atom stereocenters. The average molecular weight is 259 g/mol. The molecule has 0 amide bonds. The molecule has 0 saturated carbocycles. The van der Waals surface area contributed by atoms with Gasteiger partial charge in [0, 0.05) is 11.3 Å². The maximum atomic E-state index is 11.4. The zero-order valence-corrected chi connectivity index (χ0v) is 10.8. The van der Waals surface area contributed by atoms with Crippen molar-refractivity contribution in [1.29, 1.82) is 0 Å². The number of sulfonamides is 1. The maximum absolute atomic E-state index is 11.4. The van der Waals surface area contributed by atoms with Crippen molar-refractivity contribution in [3.8, 4) is 5.75 Å². The van der Waals surface area contributed by atoms with Gasteiger partial charge in [-0.2, -0.15) is 0 Å². The van der Waals surface area contributed by atoms with Crippen molar-refractivity contribution in [2.24, 2.45) is 0 Å². The zero-order valence-electron chi connectivity index (χ0n) is 9.93. The first-order chi connectivity index (χ1) is 8.02. The highest BCUT2D eigenvalue weighted by atomic mass is 32.2. The van der Waals surface area contributed by atoms with E-state index in [-0.39, 0.29) is 12.4 Å². The minimum Gasteiger partial charge on any atom is -0.494 e. The molecule has 0 aliphatic rings. The van der Waals surface area contributed by atoms with Gasteiger partial charge in [0.05, 0.1) is 19.0 Å². The van der Waals surface area contributed by atoms with Gasteiger partial charge in [-0.25, -0.2) is 8.42 Å². The van der Waals surface area contributed by atoms with Crippen LogP contribution in [0.1, 0.15) is 19.4 Å². The molecule has 0 saturated heterocycles. The van der Waals surface area contributed by atoms with Crippen LogP contribution < -0.4 is 9.46 Å². The summed E-state index contributed by atoms with van der Waals surface area (Å²) >= 11 is 0. The van der Waals surface area contributed by atoms with Crippen LogP contribution in [-0.4, -0.2) is 25.9 Å². The predicted octanol–water partition coefficient (Wildman–Crippen LogP) is 1.34. The fourth-order valence-corrected chi connectivity index (χ4v) is 1.94. The Hall–Kier alpha value is -1.27. The van der Waals surface area contributed by atoms with Crippen LogP contribution in [0, 0.1) is 0 Å². The van der Waals surface area contributed by atoms with Crippen molar-refractivity contribution in [3.63, 3.8) is 0 Å². The van der Waals surface area contributed by atoms with Crippen LogP contribution >= 0.6 is 0 Å². The van der Waals surface area contributed by atoms with E-state index in [0.29, 0.717) is 23.6 Å². The van der Waals surface area contributed by atoms with Gasteiger partial charge in [0.2, 0.25) is 10.0 Å². The number of aliphatic hydroxyl groups is 1. The summed E-state index contributed by atoms with van der Waals surface area (Å²) in [6, 6.07) is 4.82. The van der Waals surface area contributed by atoms with Crippen LogP contribution in [0.15, 0.2) is 18.2 Å². The van der Waals surface area contributed by atoms with Crippen molar-refractivity contribution in [2.45, 2.75) is 20.5 Å². The second kappa shape index (κ2) is 5.88. The van der Waals surface area contributed by atoms with E-state index >= 15 is 0 Å². The largest absolute Gasteiger partial charge is 0.494 e. The van der Waals surface area contributed by atoms with Gasteiger partial charge in [-0.05, 0) is 32.0 Å². The van der Waals surface area contributed by atoms with Crippen molar-refractivity contribution in [3.05, 3.63) is 23.8 Å². The summed E-state index contributed by atoms with van der Waals surface area (Å²) < 4.78 is 30.5. The van der Waals surface area contributed by atoms with Crippen molar-refractivity contribution in [1.82, 2.24) is 0 Å². The van der Waals surface area contributed by atoms with Gasteiger partial charge in [-0.1, -0.05) is 0 Å². The van der Waals surface area contributed by atoms with Gasteiger partial charge in [0.1, 0.15) is 5.75 Å². The van der Waals surface area contributed by atoms with Gasteiger partial charge < -0.3 is 9.84 Å². The molecular formula is C11H17NO4S. The highest BCUT2D eigenvalue weighted by Crippen LogP contribution is 2.23. The lowest BCUT2D eigenvalue weighted by Gasteiger charge is -2.11. The molecule has 1 aromatic rings. The minimum absolute atomic E-state index is 0.00860. The van der Waals surface area contributed by atoms with E-state index in [0.717, 1.165) is 0 Å². The second-order valence-electron chi connectivity index (χ2n) is 3.42. The number of aliphatic hydroxyl groups excluding tert-OH is 1. The molecule has 2 N–H and O–H groups in total. The Balaban J connectivity index is 2.97. The SMILES string of the molecule is CCOc1ccc(NS(=O)(=O)CC)cc1CO. The molecule has 0 aliphatic heterocycles. The summed E-state index contributed by atoms with van der Waals surface area (Å²) in [6.07, 6.45) is 0. The molecule has 0 radical (unpaired) electrons.